The monoisotopic (exact) mass is 226 g/mol. The summed E-state index contributed by atoms with van der Waals surface area (Å²) in [7, 11) is -4.47. The van der Waals surface area contributed by atoms with Crippen molar-refractivity contribution < 1.29 is 69.5 Å². The largest absolute Gasteiger partial charge is 1.00 e. The Kier molecular flexibility index (Phi) is 5.09. The molecule has 0 unspecified atom stereocenters. The molecule has 0 saturated carbocycles. The van der Waals surface area contributed by atoms with E-state index in [0.717, 1.165) is 6.07 Å². The first-order valence-corrected chi connectivity index (χ1v) is 4.57. The molecule has 0 aromatic heterocycles. The third kappa shape index (κ3) is 3.66. The minimum absolute atomic E-state index is 0. The van der Waals surface area contributed by atoms with E-state index in [1.807, 2.05) is 0 Å². The zero-order valence-corrected chi connectivity index (χ0v) is 11.3. The Balaban J connectivity index is 0.00000144. The molecule has 0 spiro atoms. The average Bonchev–Trinajstić information content (AvgIpc) is 1.92. The predicted octanol–water partition coefficient (Wildman–Crippen LogP) is -2.39. The van der Waals surface area contributed by atoms with E-state index >= 15 is 0 Å². The Hall–Kier alpha value is 0.566. The summed E-state index contributed by atoms with van der Waals surface area (Å²) in [5.74, 6) is -0.227. The van der Waals surface area contributed by atoms with E-state index in [1.165, 1.54) is 19.1 Å². The molecule has 6 heteroatoms. The van der Waals surface area contributed by atoms with E-state index in [1.54, 1.807) is 0 Å². The van der Waals surface area contributed by atoms with Crippen LogP contribution in [0.2, 0.25) is 0 Å². The summed E-state index contributed by atoms with van der Waals surface area (Å²) in [5.41, 5.74) is 0.336. The van der Waals surface area contributed by atoms with Gasteiger partial charge < -0.3 is 9.66 Å². The zero-order valence-electron chi connectivity index (χ0n) is 7.31. The van der Waals surface area contributed by atoms with E-state index in [-0.39, 0.29) is 62.0 Å². The summed E-state index contributed by atoms with van der Waals surface area (Å²) in [5, 5.41) is 8.90. The second-order valence-corrected chi connectivity index (χ2v) is 3.75. The van der Waals surface area contributed by atoms with E-state index in [9.17, 15) is 13.0 Å². The summed E-state index contributed by atoms with van der Waals surface area (Å²) in [6.07, 6.45) is 0. The first-order chi connectivity index (χ1) is 5.41. The fraction of sp³-hybridized carbons (Fsp3) is 0.143. The molecule has 0 aliphatic carbocycles. The van der Waals surface area contributed by atoms with Gasteiger partial charge in [0.05, 0.1) is 4.90 Å². The maximum absolute atomic E-state index is 10.5. The van der Waals surface area contributed by atoms with Gasteiger partial charge in [-0.25, -0.2) is 8.42 Å². The number of phenolic OH excluding ortho intramolecular Hbond substituents is 1. The van der Waals surface area contributed by atoms with Crippen LogP contribution < -0.4 is 51.4 Å². The van der Waals surface area contributed by atoms with Gasteiger partial charge in [0.25, 0.3) is 0 Å². The van der Waals surface area contributed by atoms with Crippen LogP contribution in [0.5, 0.6) is 5.75 Å². The molecule has 4 nitrogen and oxygen atoms in total. The topological polar surface area (TPSA) is 77.4 Å². The summed E-state index contributed by atoms with van der Waals surface area (Å²) < 4.78 is 31.6. The Morgan fingerprint density at radius 2 is 1.92 bits per heavy atom. The molecule has 0 bridgehead atoms. The summed E-state index contributed by atoms with van der Waals surface area (Å²) in [6, 6.07) is 3.64. The number of aromatic hydroxyl groups is 1. The Labute approximate surface area is 119 Å². The van der Waals surface area contributed by atoms with Crippen LogP contribution in [0.15, 0.2) is 23.1 Å². The predicted molar refractivity (Wildman–Crippen MR) is 40.8 cm³/mol. The molecule has 1 rings (SSSR count). The number of phenols is 1. The quantitative estimate of drug-likeness (QED) is 0.428. The molecule has 0 heterocycles. The van der Waals surface area contributed by atoms with Crippen LogP contribution in [-0.4, -0.2) is 18.1 Å². The molecule has 1 aromatic rings. The summed E-state index contributed by atoms with van der Waals surface area (Å²) >= 11 is 0. The van der Waals surface area contributed by atoms with Crippen LogP contribution in [0, 0.1) is 6.92 Å². The molecule has 0 saturated heterocycles. The van der Waals surface area contributed by atoms with Crippen LogP contribution in [0.3, 0.4) is 0 Å². The number of hydrogen-bond donors (Lipinski definition) is 1. The molecule has 1 aromatic carbocycles. The second-order valence-electron chi connectivity index (χ2n) is 2.40. The third-order valence-electron chi connectivity index (χ3n) is 1.44. The summed E-state index contributed by atoms with van der Waals surface area (Å²) in [4.78, 5) is -0.373. The standard InChI is InChI=1S/C7H8O4S.K/c1-5-2-3-6(8)4-7(5)12(9,10)11;/h2-4,8H,1H3,(H,9,10,11);/q;+1/p-1. The Morgan fingerprint density at radius 3 is 2.31 bits per heavy atom. The van der Waals surface area contributed by atoms with Crippen molar-refractivity contribution in [2.45, 2.75) is 11.8 Å². The minimum atomic E-state index is -4.47. The third-order valence-corrected chi connectivity index (χ3v) is 2.42. The molecule has 1 N–H and O–H groups in total. The fourth-order valence-electron chi connectivity index (χ4n) is 0.858. The van der Waals surface area contributed by atoms with Crippen LogP contribution >= 0.6 is 0 Å². The normalized spacial score (nSPS) is 10.6. The maximum atomic E-state index is 10.5. The molecule has 0 atom stereocenters. The van der Waals surface area contributed by atoms with Gasteiger partial charge in [-0.2, -0.15) is 0 Å². The molecule has 0 amide bonds. The van der Waals surface area contributed by atoms with Gasteiger partial charge >= 0.3 is 51.4 Å². The van der Waals surface area contributed by atoms with Gasteiger partial charge in [-0.15, -0.1) is 0 Å². The summed E-state index contributed by atoms with van der Waals surface area (Å²) in [6.45, 7) is 1.49. The van der Waals surface area contributed by atoms with Crippen molar-refractivity contribution in [2.24, 2.45) is 0 Å². The van der Waals surface area contributed by atoms with Crippen LogP contribution in [0.25, 0.3) is 0 Å². The SMILES string of the molecule is Cc1ccc(O)cc1S(=O)(=O)[O-].[K+]. The van der Waals surface area contributed by atoms with Crippen molar-refractivity contribution in [1.82, 2.24) is 0 Å². The van der Waals surface area contributed by atoms with Crippen LogP contribution in [0.4, 0.5) is 0 Å². The van der Waals surface area contributed by atoms with Gasteiger partial charge in [0.2, 0.25) is 0 Å². The van der Waals surface area contributed by atoms with E-state index in [0.29, 0.717) is 5.56 Å². The first kappa shape index (κ1) is 13.6. The molecule has 13 heavy (non-hydrogen) atoms. The van der Waals surface area contributed by atoms with Crippen molar-refractivity contribution in [1.29, 1.82) is 0 Å². The van der Waals surface area contributed by atoms with Crippen molar-refractivity contribution in [3.05, 3.63) is 23.8 Å². The molecule has 66 valence electrons. The number of hydrogen-bond acceptors (Lipinski definition) is 4. The van der Waals surface area contributed by atoms with Crippen molar-refractivity contribution >= 4 is 10.1 Å². The molecule has 0 aliphatic rings. The first-order valence-electron chi connectivity index (χ1n) is 3.17. The number of rotatable bonds is 1. The van der Waals surface area contributed by atoms with Gasteiger partial charge in [0.1, 0.15) is 15.9 Å². The molecule has 0 aliphatic heterocycles. The molecular formula is C7H7KO4S. The molecular weight excluding hydrogens is 219 g/mol. The minimum Gasteiger partial charge on any atom is -0.744 e. The Bertz CT molecular complexity index is 399. The molecule has 0 radical (unpaired) electrons. The smallest absolute Gasteiger partial charge is 0.744 e. The van der Waals surface area contributed by atoms with Crippen LogP contribution in [-0.2, 0) is 10.1 Å². The average molecular weight is 226 g/mol. The van der Waals surface area contributed by atoms with Gasteiger partial charge in [0.15, 0.2) is 0 Å². The van der Waals surface area contributed by atoms with Crippen molar-refractivity contribution in [3.8, 4) is 5.75 Å². The number of aryl methyl sites for hydroxylation is 1. The van der Waals surface area contributed by atoms with Crippen molar-refractivity contribution in [3.63, 3.8) is 0 Å². The molecule has 0 fully saturated rings. The van der Waals surface area contributed by atoms with Crippen molar-refractivity contribution in [2.75, 3.05) is 0 Å². The van der Waals surface area contributed by atoms with Crippen LogP contribution in [0.1, 0.15) is 5.56 Å². The Morgan fingerprint density at radius 1 is 1.38 bits per heavy atom. The van der Waals surface area contributed by atoms with E-state index in [2.05, 4.69) is 0 Å². The fourth-order valence-corrected chi connectivity index (χ4v) is 1.59. The van der Waals surface area contributed by atoms with Gasteiger partial charge in [-0.1, -0.05) is 6.07 Å². The van der Waals surface area contributed by atoms with Gasteiger partial charge in [0, 0.05) is 0 Å². The van der Waals surface area contributed by atoms with Gasteiger partial charge in [-0.3, -0.25) is 0 Å². The second kappa shape index (κ2) is 4.88. The number of benzene rings is 1. The van der Waals surface area contributed by atoms with E-state index < -0.39 is 10.1 Å². The zero-order chi connectivity index (χ0) is 9.35. The van der Waals surface area contributed by atoms with E-state index in [4.69, 9.17) is 5.11 Å². The van der Waals surface area contributed by atoms with Gasteiger partial charge in [-0.05, 0) is 24.6 Å². The maximum Gasteiger partial charge on any atom is 1.00 e.